The Morgan fingerprint density at radius 3 is 2.51 bits per heavy atom. The van der Waals surface area contributed by atoms with Crippen molar-refractivity contribution in [2.75, 3.05) is 25.6 Å². The molecule has 1 saturated heterocycles. The number of carbonyl (C=O) groups excluding carboxylic acids is 3. The Labute approximate surface area is 231 Å². The second-order valence-electron chi connectivity index (χ2n) is 9.12. The molecule has 0 unspecified atom stereocenters. The standard InChI is InChI=1S/C26H27F4N7O4/c1-3-37-18(9-11-32-37)23(38)35-22(15-4-6-17(27)7-5-15)24(39)34-21-12-16(8-10-31-21)19(14-41-2)36-13-20(26(28,29)30)33-25(36)40/h4-12,19-20,22H,3,13-14H2,1-2H3,(H,33,40)(H,35,38)(H,31,34,39)/t19-,20+,22+/m1/s1. The molecule has 0 radical (unpaired) electrons. The van der Waals surface area contributed by atoms with Gasteiger partial charge in [-0.2, -0.15) is 18.3 Å². The first-order chi connectivity index (χ1) is 19.5. The molecule has 41 heavy (non-hydrogen) atoms. The normalized spacial score (nSPS) is 16.7. The largest absolute Gasteiger partial charge is 0.410 e. The highest BCUT2D eigenvalue weighted by Crippen LogP contribution is 2.31. The summed E-state index contributed by atoms with van der Waals surface area (Å²) in [5, 5.41) is 11.2. The Kier molecular flexibility index (Phi) is 8.86. The predicted molar refractivity (Wildman–Crippen MR) is 137 cm³/mol. The fourth-order valence-electron chi connectivity index (χ4n) is 4.39. The lowest BCUT2D eigenvalue weighted by molar-refractivity contribution is -0.150. The number of carbonyl (C=O) groups is 3. The summed E-state index contributed by atoms with van der Waals surface area (Å²) in [5.41, 5.74) is 0.834. The number of anilines is 1. The van der Waals surface area contributed by atoms with E-state index in [-0.39, 0.29) is 23.7 Å². The molecule has 1 fully saturated rings. The van der Waals surface area contributed by atoms with E-state index in [4.69, 9.17) is 4.74 Å². The van der Waals surface area contributed by atoms with Crippen LogP contribution in [0.1, 0.15) is 40.6 Å². The van der Waals surface area contributed by atoms with Crippen LogP contribution in [0, 0.1) is 5.82 Å². The Balaban J connectivity index is 1.58. The maximum absolute atomic E-state index is 13.6. The average molecular weight is 578 g/mol. The van der Waals surface area contributed by atoms with E-state index in [1.54, 1.807) is 6.92 Å². The smallest absolute Gasteiger partial charge is 0.382 e. The van der Waals surface area contributed by atoms with Gasteiger partial charge in [-0.05, 0) is 48.4 Å². The molecule has 3 atom stereocenters. The van der Waals surface area contributed by atoms with E-state index < -0.39 is 54.5 Å². The number of benzene rings is 1. The van der Waals surface area contributed by atoms with Gasteiger partial charge in [-0.1, -0.05) is 12.1 Å². The maximum Gasteiger partial charge on any atom is 0.410 e. The third-order valence-electron chi connectivity index (χ3n) is 6.44. The van der Waals surface area contributed by atoms with Crippen molar-refractivity contribution in [2.24, 2.45) is 0 Å². The molecule has 0 aliphatic carbocycles. The van der Waals surface area contributed by atoms with E-state index in [2.05, 4.69) is 20.7 Å². The minimum atomic E-state index is -4.63. The van der Waals surface area contributed by atoms with Crippen LogP contribution in [-0.4, -0.2) is 70.0 Å². The van der Waals surface area contributed by atoms with E-state index in [1.165, 1.54) is 54.5 Å². The van der Waals surface area contributed by atoms with Crippen molar-refractivity contribution in [3.8, 4) is 0 Å². The van der Waals surface area contributed by atoms with E-state index in [0.29, 0.717) is 12.1 Å². The highest BCUT2D eigenvalue weighted by Gasteiger charge is 2.48. The van der Waals surface area contributed by atoms with E-state index >= 15 is 0 Å². The van der Waals surface area contributed by atoms with Crippen LogP contribution in [0.15, 0.2) is 54.9 Å². The van der Waals surface area contributed by atoms with Crippen LogP contribution in [0.4, 0.5) is 28.2 Å². The van der Waals surface area contributed by atoms with Gasteiger partial charge < -0.3 is 25.6 Å². The molecule has 0 saturated carbocycles. The molecule has 0 bridgehead atoms. The molecule has 1 aliphatic heterocycles. The first-order valence-corrected chi connectivity index (χ1v) is 12.5. The highest BCUT2D eigenvalue weighted by atomic mass is 19.4. The number of ether oxygens (including phenoxy) is 1. The quantitative estimate of drug-likeness (QED) is 0.318. The Morgan fingerprint density at radius 1 is 1.15 bits per heavy atom. The van der Waals surface area contributed by atoms with Crippen LogP contribution in [0.5, 0.6) is 0 Å². The van der Waals surface area contributed by atoms with Crippen molar-refractivity contribution < 1.29 is 36.7 Å². The summed E-state index contributed by atoms with van der Waals surface area (Å²) in [6, 6.07) is 4.18. The Morgan fingerprint density at radius 2 is 1.88 bits per heavy atom. The van der Waals surface area contributed by atoms with Gasteiger partial charge >= 0.3 is 12.2 Å². The van der Waals surface area contributed by atoms with Gasteiger partial charge in [0.1, 0.15) is 29.4 Å². The zero-order valence-electron chi connectivity index (χ0n) is 22.0. The molecule has 2 aromatic heterocycles. The van der Waals surface area contributed by atoms with E-state index in [9.17, 15) is 31.9 Å². The summed E-state index contributed by atoms with van der Waals surface area (Å²) in [7, 11) is 1.34. The summed E-state index contributed by atoms with van der Waals surface area (Å²) >= 11 is 0. The summed E-state index contributed by atoms with van der Waals surface area (Å²) in [6.45, 7) is 1.43. The lowest BCUT2D eigenvalue weighted by atomic mass is 10.0. The number of urea groups is 1. The van der Waals surface area contributed by atoms with Gasteiger partial charge in [-0.15, -0.1) is 0 Å². The number of rotatable bonds is 10. The van der Waals surface area contributed by atoms with Crippen LogP contribution < -0.4 is 16.0 Å². The SMILES string of the molecule is CCn1nccc1C(=O)N[C@H](C(=O)Nc1cc([C@@H](COC)N2C[C@@H](C(F)(F)F)NC2=O)ccn1)c1ccc(F)cc1. The summed E-state index contributed by atoms with van der Waals surface area (Å²) in [4.78, 5) is 43.9. The van der Waals surface area contributed by atoms with Crippen molar-refractivity contribution >= 4 is 23.7 Å². The number of halogens is 4. The fourth-order valence-corrected chi connectivity index (χ4v) is 4.39. The molecule has 4 rings (SSSR count). The lowest BCUT2D eigenvalue weighted by Crippen LogP contribution is -2.40. The maximum atomic E-state index is 13.6. The van der Waals surface area contributed by atoms with Gasteiger partial charge in [-0.3, -0.25) is 14.3 Å². The molecular weight excluding hydrogens is 550 g/mol. The number of nitrogens with one attached hydrogen (secondary N) is 3. The first-order valence-electron chi connectivity index (χ1n) is 12.5. The van der Waals surface area contributed by atoms with Crippen LogP contribution in [0.2, 0.25) is 0 Å². The average Bonchev–Trinajstić information content (AvgIpc) is 3.57. The van der Waals surface area contributed by atoms with Gasteiger partial charge in [0.25, 0.3) is 11.8 Å². The molecule has 4 amide bonds. The van der Waals surface area contributed by atoms with Crippen molar-refractivity contribution in [3.63, 3.8) is 0 Å². The number of aryl methyl sites for hydroxylation is 1. The predicted octanol–water partition coefficient (Wildman–Crippen LogP) is 3.19. The van der Waals surface area contributed by atoms with E-state index in [0.717, 1.165) is 17.0 Å². The number of aromatic nitrogens is 3. The van der Waals surface area contributed by atoms with Gasteiger partial charge in [0.15, 0.2) is 0 Å². The van der Waals surface area contributed by atoms with Crippen molar-refractivity contribution in [1.82, 2.24) is 30.3 Å². The molecule has 3 N–H and O–H groups in total. The van der Waals surface area contributed by atoms with Crippen molar-refractivity contribution in [2.45, 2.75) is 37.8 Å². The van der Waals surface area contributed by atoms with Crippen LogP contribution in [-0.2, 0) is 16.1 Å². The van der Waals surface area contributed by atoms with Crippen molar-refractivity contribution in [3.05, 3.63) is 77.5 Å². The number of alkyl halides is 3. The molecule has 3 heterocycles. The second-order valence-corrected chi connectivity index (χ2v) is 9.12. The highest BCUT2D eigenvalue weighted by molar-refractivity contribution is 6.00. The minimum absolute atomic E-state index is 0.000500. The monoisotopic (exact) mass is 577 g/mol. The van der Waals surface area contributed by atoms with Crippen LogP contribution >= 0.6 is 0 Å². The molecule has 0 spiro atoms. The number of hydrogen-bond donors (Lipinski definition) is 3. The molecule has 1 aliphatic rings. The van der Waals surface area contributed by atoms with E-state index in [1.807, 2.05) is 5.32 Å². The topological polar surface area (TPSA) is 130 Å². The molecule has 218 valence electrons. The molecular formula is C26H27F4N7O4. The van der Waals surface area contributed by atoms with Crippen LogP contribution in [0.25, 0.3) is 0 Å². The third-order valence-corrected chi connectivity index (χ3v) is 6.44. The third kappa shape index (κ3) is 6.80. The Bertz CT molecular complexity index is 1400. The van der Waals surface area contributed by atoms with Gasteiger partial charge in [0.2, 0.25) is 0 Å². The zero-order valence-corrected chi connectivity index (χ0v) is 22.0. The van der Waals surface area contributed by atoms with Gasteiger partial charge in [0.05, 0.1) is 19.2 Å². The number of amides is 4. The molecule has 3 aromatic rings. The second kappa shape index (κ2) is 12.3. The fraction of sp³-hybridized carbons (Fsp3) is 0.346. The molecule has 11 nitrogen and oxygen atoms in total. The van der Waals surface area contributed by atoms with Gasteiger partial charge in [0, 0.05) is 26.0 Å². The first kappa shape index (κ1) is 29.5. The van der Waals surface area contributed by atoms with Gasteiger partial charge in [-0.25, -0.2) is 14.2 Å². The molecule has 15 heteroatoms. The van der Waals surface area contributed by atoms with Crippen LogP contribution in [0.3, 0.4) is 0 Å². The summed E-state index contributed by atoms with van der Waals surface area (Å²) < 4.78 is 59.9. The van der Waals surface area contributed by atoms with Crippen molar-refractivity contribution in [1.29, 1.82) is 0 Å². The minimum Gasteiger partial charge on any atom is -0.382 e. The zero-order chi connectivity index (χ0) is 29.7. The Hall–Kier alpha value is -4.53. The number of hydrogen-bond acceptors (Lipinski definition) is 6. The lowest BCUT2D eigenvalue weighted by Gasteiger charge is -2.27. The number of pyridine rings is 1. The number of nitrogens with zero attached hydrogens (tertiary/aromatic N) is 4. The number of methoxy groups -OCH3 is 1. The summed E-state index contributed by atoms with van der Waals surface area (Å²) in [6.07, 6.45) is -1.88. The molecule has 1 aromatic carbocycles. The summed E-state index contributed by atoms with van der Waals surface area (Å²) in [5.74, 6) is -1.87.